The molecule has 0 radical (unpaired) electrons. The van der Waals surface area contributed by atoms with Crippen molar-refractivity contribution in [3.05, 3.63) is 39.9 Å². The van der Waals surface area contributed by atoms with Gasteiger partial charge in [-0.15, -0.1) is 0 Å². The molecule has 0 bridgehead atoms. The molecule has 8 nitrogen and oxygen atoms in total. The lowest BCUT2D eigenvalue weighted by Crippen LogP contribution is -2.47. The molecule has 154 valence electrons. The van der Waals surface area contributed by atoms with Crippen molar-refractivity contribution in [2.24, 2.45) is 5.11 Å². The maximum absolute atomic E-state index is 14.9. The standard InChI is InChI=1S/C20H24FN5O3/c21-16-10-14-17(26(13-2-3-13)12-15(19(14)27)20(28)29)11-18(16)25-8-6-24(7-9-25)5-1-4-23-22/h10-13,22H,1-9H2,(H,28,29). The van der Waals surface area contributed by atoms with E-state index in [1.165, 1.54) is 12.3 Å². The van der Waals surface area contributed by atoms with Crippen molar-refractivity contribution in [2.45, 2.75) is 25.3 Å². The number of anilines is 1. The van der Waals surface area contributed by atoms with Crippen LogP contribution in [0.4, 0.5) is 10.1 Å². The summed E-state index contributed by atoms with van der Waals surface area (Å²) >= 11 is 0. The smallest absolute Gasteiger partial charge is 0.341 e. The van der Waals surface area contributed by atoms with Crippen molar-refractivity contribution < 1.29 is 14.3 Å². The van der Waals surface area contributed by atoms with Gasteiger partial charge in [-0.2, -0.15) is 5.11 Å². The summed E-state index contributed by atoms with van der Waals surface area (Å²) in [6.45, 7) is 4.32. The van der Waals surface area contributed by atoms with Gasteiger partial charge in [0.1, 0.15) is 11.4 Å². The SMILES string of the molecule is N=NCCCN1CCN(c2cc3c(cc2F)c(=O)c(C(=O)O)cn3C2CC2)CC1. The van der Waals surface area contributed by atoms with E-state index in [9.17, 15) is 19.1 Å². The maximum Gasteiger partial charge on any atom is 0.341 e. The molecule has 2 N–H and O–H groups in total. The summed E-state index contributed by atoms with van der Waals surface area (Å²) in [4.78, 5) is 28.3. The number of pyridine rings is 1. The summed E-state index contributed by atoms with van der Waals surface area (Å²) in [6, 6.07) is 3.05. The highest BCUT2D eigenvalue weighted by atomic mass is 19.1. The predicted molar refractivity (Wildman–Crippen MR) is 107 cm³/mol. The minimum absolute atomic E-state index is 0.121. The van der Waals surface area contributed by atoms with Crippen molar-refractivity contribution in [2.75, 3.05) is 44.2 Å². The molecule has 2 fully saturated rings. The van der Waals surface area contributed by atoms with Gasteiger partial charge in [-0.1, -0.05) is 0 Å². The quantitative estimate of drug-likeness (QED) is 0.549. The molecule has 29 heavy (non-hydrogen) atoms. The molecule has 1 aliphatic heterocycles. The molecule has 1 saturated heterocycles. The second-order valence-corrected chi connectivity index (χ2v) is 7.70. The normalized spacial score (nSPS) is 17.6. The van der Waals surface area contributed by atoms with Crippen molar-refractivity contribution in [3.8, 4) is 0 Å². The van der Waals surface area contributed by atoms with Gasteiger partial charge in [0.15, 0.2) is 0 Å². The molecule has 1 aromatic heterocycles. The Bertz CT molecular complexity index is 1010. The molecule has 4 rings (SSSR count). The molecule has 0 amide bonds. The number of nitrogens with one attached hydrogen (secondary N) is 1. The minimum Gasteiger partial charge on any atom is -0.477 e. The van der Waals surface area contributed by atoms with E-state index in [1.807, 2.05) is 9.47 Å². The minimum atomic E-state index is -1.29. The van der Waals surface area contributed by atoms with Crippen LogP contribution < -0.4 is 10.3 Å². The zero-order valence-corrected chi connectivity index (χ0v) is 16.1. The van der Waals surface area contributed by atoms with Gasteiger partial charge in [0.25, 0.3) is 0 Å². The first-order chi connectivity index (χ1) is 14.0. The van der Waals surface area contributed by atoms with Crippen LogP contribution in [0.1, 0.15) is 35.7 Å². The van der Waals surface area contributed by atoms with Crippen molar-refractivity contribution in [3.63, 3.8) is 0 Å². The molecule has 9 heteroatoms. The Kier molecular flexibility index (Phi) is 5.31. The highest BCUT2D eigenvalue weighted by Crippen LogP contribution is 2.38. The fraction of sp³-hybridized carbons (Fsp3) is 0.500. The third kappa shape index (κ3) is 3.87. The Balaban J connectivity index is 1.65. The summed E-state index contributed by atoms with van der Waals surface area (Å²) in [7, 11) is 0. The molecule has 0 spiro atoms. The number of aromatic carboxylic acids is 1. The van der Waals surface area contributed by atoms with Crippen molar-refractivity contribution in [1.82, 2.24) is 9.47 Å². The largest absolute Gasteiger partial charge is 0.477 e. The first kappa shape index (κ1) is 19.5. The predicted octanol–water partition coefficient (Wildman–Crippen LogP) is 2.72. The Morgan fingerprint density at radius 1 is 1.24 bits per heavy atom. The van der Waals surface area contributed by atoms with E-state index in [-0.39, 0.29) is 17.0 Å². The van der Waals surface area contributed by atoms with Gasteiger partial charge in [0, 0.05) is 50.3 Å². The van der Waals surface area contributed by atoms with Crippen LogP contribution in [0.15, 0.2) is 28.2 Å². The molecule has 2 aromatic rings. The molecule has 1 aliphatic carbocycles. The van der Waals surface area contributed by atoms with Crippen LogP contribution in [0.5, 0.6) is 0 Å². The van der Waals surface area contributed by atoms with Crippen LogP contribution in [0.2, 0.25) is 0 Å². The van der Waals surface area contributed by atoms with E-state index in [1.54, 1.807) is 6.07 Å². The average molecular weight is 401 g/mol. The molecule has 0 unspecified atom stereocenters. The Hall–Kier alpha value is -2.81. The summed E-state index contributed by atoms with van der Waals surface area (Å²) in [6.07, 6.45) is 4.09. The van der Waals surface area contributed by atoms with Gasteiger partial charge >= 0.3 is 5.97 Å². The van der Waals surface area contributed by atoms with Gasteiger partial charge in [0.2, 0.25) is 5.43 Å². The average Bonchev–Trinajstić information content (AvgIpc) is 3.54. The summed E-state index contributed by atoms with van der Waals surface area (Å²) in [5.74, 6) is -1.79. The molecule has 2 aliphatic rings. The number of aromatic nitrogens is 1. The summed E-state index contributed by atoms with van der Waals surface area (Å²) in [5.41, 5.74) is 6.95. The Morgan fingerprint density at radius 2 is 1.97 bits per heavy atom. The monoisotopic (exact) mass is 401 g/mol. The first-order valence-electron chi connectivity index (χ1n) is 9.92. The number of carboxylic acid groups (broad SMARTS) is 1. The number of hydrogen-bond acceptors (Lipinski definition) is 6. The number of carboxylic acids is 1. The highest BCUT2D eigenvalue weighted by Gasteiger charge is 2.28. The Labute approximate surface area is 167 Å². The van der Waals surface area contributed by atoms with Gasteiger partial charge in [0.05, 0.1) is 17.7 Å². The topological polar surface area (TPSA) is 102 Å². The second-order valence-electron chi connectivity index (χ2n) is 7.70. The second kappa shape index (κ2) is 7.90. The number of hydrogen-bond donors (Lipinski definition) is 2. The lowest BCUT2D eigenvalue weighted by Gasteiger charge is -2.36. The van der Waals surface area contributed by atoms with Gasteiger partial charge in [-0.25, -0.2) is 14.7 Å². The van der Waals surface area contributed by atoms with Gasteiger partial charge in [-0.05, 0) is 31.4 Å². The number of benzene rings is 1. The molecule has 0 atom stereocenters. The van der Waals surface area contributed by atoms with Gasteiger partial charge in [-0.3, -0.25) is 9.69 Å². The van der Waals surface area contributed by atoms with Crippen LogP contribution in [0.3, 0.4) is 0 Å². The van der Waals surface area contributed by atoms with Crippen LogP contribution in [0.25, 0.3) is 10.9 Å². The third-order valence-corrected chi connectivity index (χ3v) is 5.73. The van der Waals surface area contributed by atoms with Crippen LogP contribution in [-0.2, 0) is 0 Å². The maximum atomic E-state index is 14.9. The highest BCUT2D eigenvalue weighted by molar-refractivity contribution is 5.93. The Morgan fingerprint density at radius 3 is 2.59 bits per heavy atom. The molecule has 2 heterocycles. The van der Waals surface area contributed by atoms with Crippen LogP contribution in [0, 0.1) is 11.3 Å². The first-order valence-corrected chi connectivity index (χ1v) is 9.92. The zero-order chi connectivity index (χ0) is 20.5. The number of piperazine rings is 1. The van der Waals surface area contributed by atoms with E-state index in [4.69, 9.17) is 5.53 Å². The fourth-order valence-electron chi connectivity index (χ4n) is 3.99. The van der Waals surface area contributed by atoms with Crippen molar-refractivity contribution >= 4 is 22.6 Å². The molecular weight excluding hydrogens is 377 g/mol. The summed E-state index contributed by atoms with van der Waals surface area (Å²) in [5, 5.41) is 12.8. The number of halogens is 1. The number of nitrogens with zero attached hydrogens (tertiary/aromatic N) is 4. The van der Waals surface area contributed by atoms with E-state index in [0.717, 1.165) is 38.9 Å². The van der Waals surface area contributed by atoms with E-state index < -0.39 is 17.2 Å². The summed E-state index contributed by atoms with van der Waals surface area (Å²) < 4.78 is 16.8. The number of carbonyl (C=O) groups is 1. The van der Waals surface area contributed by atoms with Crippen LogP contribution >= 0.6 is 0 Å². The lowest BCUT2D eigenvalue weighted by molar-refractivity contribution is 0.0695. The van der Waals surface area contributed by atoms with E-state index in [0.29, 0.717) is 30.8 Å². The third-order valence-electron chi connectivity index (χ3n) is 5.73. The molecular formula is C20H24FN5O3. The van der Waals surface area contributed by atoms with E-state index in [2.05, 4.69) is 10.0 Å². The fourth-order valence-corrected chi connectivity index (χ4v) is 3.99. The van der Waals surface area contributed by atoms with Crippen molar-refractivity contribution in [1.29, 1.82) is 5.53 Å². The number of rotatable bonds is 7. The van der Waals surface area contributed by atoms with E-state index >= 15 is 0 Å². The lowest BCUT2D eigenvalue weighted by atomic mass is 10.1. The zero-order valence-electron chi connectivity index (χ0n) is 16.1. The molecule has 1 aromatic carbocycles. The molecule has 1 saturated carbocycles. The van der Waals surface area contributed by atoms with Crippen LogP contribution in [-0.4, -0.2) is 59.8 Å². The van der Waals surface area contributed by atoms with Gasteiger partial charge < -0.3 is 14.6 Å². The number of fused-ring (bicyclic) bond motifs is 1.